The zero-order chi connectivity index (χ0) is 13.3. The third kappa shape index (κ3) is 2.87. The topological polar surface area (TPSA) is 36.4 Å². The molecule has 1 unspecified atom stereocenters. The Bertz CT molecular complexity index is 439. The van der Waals surface area contributed by atoms with Gasteiger partial charge in [-0.25, -0.2) is 4.98 Å². The average Bonchev–Trinajstić information content (AvgIpc) is 2.75. The van der Waals surface area contributed by atoms with Crippen LogP contribution in [0.15, 0.2) is 12.1 Å². The highest BCUT2D eigenvalue weighted by molar-refractivity contribution is 6.29. The molecule has 0 aliphatic carbocycles. The van der Waals surface area contributed by atoms with Crippen LogP contribution in [0.2, 0.25) is 5.15 Å². The molecule has 1 fully saturated rings. The molecule has 3 nitrogen and oxygen atoms in total. The molecule has 7 heteroatoms. The van der Waals surface area contributed by atoms with Crippen molar-refractivity contribution in [1.29, 1.82) is 0 Å². The highest BCUT2D eigenvalue weighted by Crippen LogP contribution is 2.33. The molecule has 18 heavy (non-hydrogen) atoms. The van der Waals surface area contributed by atoms with Gasteiger partial charge in [0, 0.05) is 25.6 Å². The molecule has 2 rings (SSSR count). The minimum atomic E-state index is -4.43. The zero-order valence-electron chi connectivity index (χ0n) is 9.41. The van der Waals surface area contributed by atoms with Gasteiger partial charge in [-0.1, -0.05) is 11.6 Å². The quantitative estimate of drug-likeness (QED) is 0.846. The van der Waals surface area contributed by atoms with Crippen LogP contribution in [-0.2, 0) is 6.18 Å². The van der Waals surface area contributed by atoms with Gasteiger partial charge < -0.3 is 10.0 Å². The molecule has 1 aromatic heterocycles. The summed E-state index contributed by atoms with van der Waals surface area (Å²) in [6, 6.07) is 1.80. The minimum absolute atomic E-state index is 0.0309. The second kappa shape index (κ2) is 4.93. The molecular formula is C11H12ClF3N2O. The molecular weight excluding hydrogens is 269 g/mol. The summed E-state index contributed by atoms with van der Waals surface area (Å²) < 4.78 is 37.9. The smallest absolute Gasteiger partial charge is 0.396 e. The fraction of sp³-hybridized carbons (Fsp3) is 0.545. The van der Waals surface area contributed by atoms with E-state index in [4.69, 9.17) is 16.7 Å². The van der Waals surface area contributed by atoms with Crippen LogP contribution in [-0.4, -0.2) is 29.8 Å². The SMILES string of the molecule is OCC1CCN(c2cc(C(F)(F)F)cc(Cl)n2)C1. The van der Waals surface area contributed by atoms with E-state index < -0.39 is 11.7 Å². The average molecular weight is 281 g/mol. The summed E-state index contributed by atoms with van der Waals surface area (Å²) >= 11 is 5.62. The Morgan fingerprint density at radius 3 is 2.72 bits per heavy atom. The largest absolute Gasteiger partial charge is 0.416 e. The number of rotatable bonds is 2. The molecule has 0 radical (unpaired) electrons. The van der Waals surface area contributed by atoms with Gasteiger partial charge in [0.1, 0.15) is 11.0 Å². The van der Waals surface area contributed by atoms with Crippen LogP contribution in [0, 0.1) is 5.92 Å². The van der Waals surface area contributed by atoms with Crippen LogP contribution in [0.3, 0.4) is 0 Å². The molecule has 2 heterocycles. The summed E-state index contributed by atoms with van der Waals surface area (Å²) in [7, 11) is 0. The molecule has 1 atom stereocenters. The van der Waals surface area contributed by atoms with E-state index in [0.29, 0.717) is 13.1 Å². The normalized spacial score (nSPS) is 20.5. The Hall–Kier alpha value is -1.01. The monoisotopic (exact) mass is 280 g/mol. The number of hydrogen-bond donors (Lipinski definition) is 1. The summed E-state index contributed by atoms with van der Waals surface area (Å²) in [5, 5.41) is 8.84. The van der Waals surface area contributed by atoms with Crippen molar-refractivity contribution in [3.8, 4) is 0 Å². The molecule has 1 saturated heterocycles. The van der Waals surface area contributed by atoms with Crippen molar-refractivity contribution in [2.45, 2.75) is 12.6 Å². The van der Waals surface area contributed by atoms with E-state index in [9.17, 15) is 13.2 Å². The Kier molecular flexibility index (Phi) is 3.68. The summed E-state index contributed by atoms with van der Waals surface area (Å²) in [6.07, 6.45) is -3.69. The first-order valence-corrected chi connectivity index (χ1v) is 5.88. The van der Waals surface area contributed by atoms with E-state index in [1.54, 1.807) is 4.90 Å². The van der Waals surface area contributed by atoms with Crippen molar-refractivity contribution in [3.63, 3.8) is 0 Å². The second-order valence-electron chi connectivity index (χ2n) is 4.32. The lowest BCUT2D eigenvalue weighted by Gasteiger charge is -2.19. The van der Waals surface area contributed by atoms with Crippen LogP contribution >= 0.6 is 11.6 Å². The van der Waals surface area contributed by atoms with E-state index in [2.05, 4.69) is 4.98 Å². The third-order valence-corrected chi connectivity index (χ3v) is 3.17. The lowest BCUT2D eigenvalue weighted by atomic mass is 10.1. The van der Waals surface area contributed by atoms with Gasteiger partial charge in [-0.05, 0) is 18.6 Å². The highest BCUT2D eigenvalue weighted by atomic mass is 35.5. The number of aromatic nitrogens is 1. The van der Waals surface area contributed by atoms with Gasteiger partial charge >= 0.3 is 6.18 Å². The lowest BCUT2D eigenvalue weighted by Crippen LogP contribution is -2.22. The van der Waals surface area contributed by atoms with Gasteiger partial charge in [0.15, 0.2) is 0 Å². The molecule has 0 aromatic carbocycles. The first-order chi connectivity index (χ1) is 8.40. The number of anilines is 1. The number of hydrogen-bond acceptors (Lipinski definition) is 3. The van der Waals surface area contributed by atoms with E-state index in [1.807, 2.05) is 0 Å². The van der Waals surface area contributed by atoms with Crippen molar-refractivity contribution in [3.05, 3.63) is 22.8 Å². The van der Waals surface area contributed by atoms with Crippen LogP contribution in [0.5, 0.6) is 0 Å². The molecule has 0 bridgehead atoms. The maximum absolute atomic E-state index is 12.6. The van der Waals surface area contributed by atoms with Gasteiger partial charge in [0.05, 0.1) is 5.56 Å². The Morgan fingerprint density at radius 1 is 1.44 bits per heavy atom. The summed E-state index contributed by atoms with van der Waals surface area (Å²) in [6.45, 7) is 1.11. The number of alkyl halides is 3. The van der Waals surface area contributed by atoms with Gasteiger partial charge in [0.2, 0.25) is 0 Å². The number of pyridine rings is 1. The third-order valence-electron chi connectivity index (χ3n) is 2.98. The van der Waals surface area contributed by atoms with E-state index in [1.165, 1.54) is 0 Å². The lowest BCUT2D eigenvalue weighted by molar-refractivity contribution is -0.137. The van der Waals surface area contributed by atoms with Crippen molar-refractivity contribution in [1.82, 2.24) is 4.98 Å². The number of aliphatic hydroxyl groups excluding tert-OH is 1. The van der Waals surface area contributed by atoms with Crippen molar-refractivity contribution in [2.75, 3.05) is 24.6 Å². The molecule has 100 valence electrons. The molecule has 1 aliphatic rings. The molecule has 1 N–H and O–H groups in total. The first-order valence-electron chi connectivity index (χ1n) is 5.50. The zero-order valence-corrected chi connectivity index (χ0v) is 10.2. The number of aliphatic hydroxyl groups is 1. The maximum atomic E-state index is 12.6. The van der Waals surface area contributed by atoms with Crippen molar-refractivity contribution >= 4 is 17.4 Å². The number of halogens is 4. The number of nitrogens with zero attached hydrogens (tertiary/aromatic N) is 2. The Morgan fingerprint density at radius 2 is 2.17 bits per heavy atom. The second-order valence-corrected chi connectivity index (χ2v) is 4.71. The maximum Gasteiger partial charge on any atom is 0.416 e. The first kappa shape index (κ1) is 13.4. The molecule has 0 saturated carbocycles. The van der Waals surface area contributed by atoms with Crippen LogP contribution < -0.4 is 4.90 Å². The molecule has 0 amide bonds. The van der Waals surface area contributed by atoms with Gasteiger partial charge in [-0.3, -0.25) is 0 Å². The van der Waals surface area contributed by atoms with Crippen LogP contribution in [0.1, 0.15) is 12.0 Å². The van der Waals surface area contributed by atoms with Gasteiger partial charge in [-0.15, -0.1) is 0 Å². The summed E-state index contributed by atoms with van der Waals surface area (Å²) in [4.78, 5) is 5.62. The van der Waals surface area contributed by atoms with E-state index in [-0.39, 0.29) is 23.5 Å². The fourth-order valence-electron chi connectivity index (χ4n) is 2.00. The van der Waals surface area contributed by atoms with E-state index >= 15 is 0 Å². The standard InChI is InChI=1S/C11H12ClF3N2O/c12-9-3-8(11(13,14)15)4-10(16-9)17-2-1-7(5-17)6-18/h3-4,7,18H,1-2,5-6H2. The van der Waals surface area contributed by atoms with Gasteiger partial charge in [-0.2, -0.15) is 13.2 Å². The van der Waals surface area contributed by atoms with Crippen molar-refractivity contribution < 1.29 is 18.3 Å². The summed E-state index contributed by atoms with van der Waals surface area (Å²) in [5.74, 6) is 0.297. The molecule has 1 aromatic rings. The van der Waals surface area contributed by atoms with Crippen molar-refractivity contribution in [2.24, 2.45) is 5.92 Å². The van der Waals surface area contributed by atoms with Crippen LogP contribution in [0.4, 0.5) is 19.0 Å². The summed E-state index contributed by atoms with van der Waals surface area (Å²) in [5.41, 5.74) is -0.801. The Labute approximate surface area is 107 Å². The minimum Gasteiger partial charge on any atom is -0.396 e. The van der Waals surface area contributed by atoms with Crippen LogP contribution in [0.25, 0.3) is 0 Å². The fourth-order valence-corrected chi connectivity index (χ4v) is 2.20. The van der Waals surface area contributed by atoms with Gasteiger partial charge in [0.25, 0.3) is 0 Å². The Balaban J connectivity index is 2.26. The predicted molar refractivity (Wildman–Crippen MR) is 61.7 cm³/mol. The molecule has 0 spiro atoms. The molecule has 1 aliphatic heterocycles. The highest BCUT2D eigenvalue weighted by Gasteiger charge is 2.33. The van der Waals surface area contributed by atoms with E-state index in [0.717, 1.165) is 18.6 Å². The predicted octanol–water partition coefficient (Wildman–Crippen LogP) is 2.57.